The predicted octanol–water partition coefficient (Wildman–Crippen LogP) is 7.55. The predicted molar refractivity (Wildman–Crippen MR) is 155 cm³/mol. The summed E-state index contributed by atoms with van der Waals surface area (Å²) in [5, 5.41) is 3.66. The topological polar surface area (TPSA) is 51.8 Å². The van der Waals surface area contributed by atoms with Gasteiger partial charge in [-0.3, -0.25) is 0 Å². The summed E-state index contributed by atoms with van der Waals surface area (Å²) in [6.45, 7) is 11.2. The van der Waals surface area contributed by atoms with E-state index in [1.54, 1.807) is 12.4 Å². The van der Waals surface area contributed by atoms with Crippen LogP contribution in [-0.4, -0.2) is 23.0 Å². The maximum absolute atomic E-state index is 6.19. The minimum absolute atomic E-state index is 0. The smallest absolute Gasteiger partial charge is 0.216 e. The molecule has 4 aromatic heterocycles. The molecule has 4 heterocycles. The molecule has 6 rings (SSSR count). The van der Waals surface area contributed by atoms with E-state index in [1.807, 2.05) is 67.7 Å². The Balaban J connectivity index is 0.000000204. The van der Waals surface area contributed by atoms with Gasteiger partial charge in [0.05, 0.1) is 5.58 Å². The van der Waals surface area contributed by atoms with E-state index in [9.17, 15) is 0 Å². The van der Waals surface area contributed by atoms with E-state index in [0.29, 0.717) is 5.71 Å². The number of aromatic nitrogens is 3. The molecule has 0 amide bonds. The van der Waals surface area contributed by atoms with Gasteiger partial charge >= 0.3 is 0 Å². The first-order valence-electron chi connectivity index (χ1n) is 12.4. The van der Waals surface area contributed by atoms with E-state index in [4.69, 9.17) is 4.42 Å². The van der Waals surface area contributed by atoms with Crippen molar-refractivity contribution in [1.82, 2.24) is 15.0 Å². The summed E-state index contributed by atoms with van der Waals surface area (Å²) in [7, 11) is -1.56. The number of pyridine rings is 3. The SMILES string of the molecule is Cc1ccc(-c2[c-]cccc2)nc1.Cc1ccnc2oc3c(-c4ccccn4)[c-]cc([Si](C)(C)C)c3c12.[Ir]. The van der Waals surface area contributed by atoms with Crippen molar-refractivity contribution in [2.45, 2.75) is 33.5 Å². The van der Waals surface area contributed by atoms with E-state index in [2.05, 4.69) is 65.8 Å². The third kappa shape index (κ3) is 5.68. The van der Waals surface area contributed by atoms with Crippen molar-refractivity contribution < 1.29 is 24.5 Å². The molecule has 0 aliphatic heterocycles. The molecule has 6 aromatic rings. The van der Waals surface area contributed by atoms with Crippen LogP contribution in [0.3, 0.4) is 0 Å². The van der Waals surface area contributed by atoms with E-state index in [-0.39, 0.29) is 20.1 Å². The summed E-state index contributed by atoms with van der Waals surface area (Å²) < 4.78 is 6.19. The molecule has 0 saturated carbocycles. The van der Waals surface area contributed by atoms with Gasteiger partial charge < -0.3 is 14.4 Å². The Labute approximate surface area is 238 Å². The standard InChI is InChI=1S/C20H19N2OSi.C12H10N.Ir/c1-13-10-12-22-20-17(13)18-16(24(2,3)4)9-8-14(19(18)23-20)15-7-5-6-11-21-15;1-10-7-8-12(13-9-10)11-5-3-2-4-6-11;/h5-7,9-12H,1-4H3;2-5,7-9H,1H3;/q2*-1;. The van der Waals surface area contributed by atoms with Crippen molar-refractivity contribution in [3.8, 4) is 22.5 Å². The zero-order valence-corrected chi connectivity index (χ0v) is 25.6. The molecular weight excluding hydrogens is 663 g/mol. The van der Waals surface area contributed by atoms with E-state index < -0.39 is 8.07 Å². The summed E-state index contributed by atoms with van der Waals surface area (Å²) >= 11 is 0. The van der Waals surface area contributed by atoms with Crippen molar-refractivity contribution in [2.75, 3.05) is 0 Å². The van der Waals surface area contributed by atoms with E-state index in [0.717, 1.165) is 33.5 Å². The van der Waals surface area contributed by atoms with Gasteiger partial charge in [0.25, 0.3) is 0 Å². The van der Waals surface area contributed by atoms with Gasteiger partial charge in [-0.05, 0) is 48.5 Å². The van der Waals surface area contributed by atoms with Gasteiger partial charge in [-0.25, -0.2) is 4.98 Å². The zero-order chi connectivity index (χ0) is 26.0. The summed E-state index contributed by atoms with van der Waals surface area (Å²) in [6.07, 6.45) is 5.47. The Kier molecular flexibility index (Phi) is 8.37. The Morgan fingerprint density at radius 3 is 2.24 bits per heavy atom. The number of benzene rings is 2. The first kappa shape index (κ1) is 27.6. The van der Waals surface area contributed by atoms with Crippen LogP contribution in [0.15, 0.2) is 89.7 Å². The molecule has 4 nitrogen and oxygen atoms in total. The molecule has 6 heteroatoms. The zero-order valence-electron chi connectivity index (χ0n) is 22.2. The molecule has 0 aliphatic carbocycles. The Morgan fingerprint density at radius 2 is 1.58 bits per heavy atom. The maximum atomic E-state index is 6.19. The number of aryl methyl sites for hydroxylation is 2. The summed E-state index contributed by atoms with van der Waals surface area (Å²) in [5.41, 5.74) is 7.72. The van der Waals surface area contributed by atoms with Crippen LogP contribution < -0.4 is 5.19 Å². The van der Waals surface area contributed by atoms with Crippen LogP contribution in [0.4, 0.5) is 0 Å². The normalized spacial score (nSPS) is 11.1. The fraction of sp³-hybridized carbons (Fsp3) is 0.156. The largest absolute Gasteiger partial charge is 0.486 e. The molecule has 38 heavy (non-hydrogen) atoms. The van der Waals surface area contributed by atoms with E-state index >= 15 is 0 Å². The van der Waals surface area contributed by atoms with Crippen molar-refractivity contribution in [3.63, 3.8) is 0 Å². The molecule has 2 aromatic carbocycles. The first-order valence-corrected chi connectivity index (χ1v) is 15.9. The summed E-state index contributed by atoms with van der Waals surface area (Å²) in [5.74, 6) is 0. The Bertz CT molecular complexity index is 1660. The van der Waals surface area contributed by atoms with E-state index in [1.165, 1.54) is 21.7 Å². The van der Waals surface area contributed by atoms with Crippen LogP contribution in [0.2, 0.25) is 19.6 Å². The van der Waals surface area contributed by atoms with Gasteiger partial charge in [0.1, 0.15) is 0 Å². The quantitative estimate of drug-likeness (QED) is 0.142. The second-order valence-electron chi connectivity index (χ2n) is 10.2. The van der Waals surface area contributed by atoms with Gasteiger partial charge in [0.15, 0.2) is 0 Å². The average Bonchev–Trinajstić information content (AvgIpc) is 3.30. The van der Waals surface area contributed by atoms with Crippen LogP contribution in [0.5, 0.6) is 0 Å². The molecule has 0 N–H and O–H groups in total. The second kappa shape index (κ2) is 11.5. The number of furan rings is 1. The summed E-state index contributed by atoms with van der Waals surface area (Å²) in [4.78, 5) is 13.3. The minimum Gasteiger partial charge on any atom is -0.486 e. The van der Waals surface area contributed by atoms with Gasteiger partial charge in [0.2, 0.25) is 5.71 Å². The fourth-order valence-electron chi connectivity index (χ4n) is 4.36. The number of fused-ring (bicyclic) bond motifs is 3. The molecule has 0 bridgehead atoms. The van der Waals surface area contributed by atoms with Gasteiger partial charge in [0, 0.05) is 52.2 Å². The number of nitrogens with zero attached hydrogens (tertiary/aromatic N) is 3. The third-order valence-corrected chi connectivity index (χ3v) is 8.29. The fourth-order valence-corrected chi connectivity index (χ4v) is 5.86. The first-order chi connectivity index (χ1) is 17.8. The average molecular weight is 692 g/mol. The molecule has 0 saturated heterocycles. The monoisotopic (exact) mass is 692 g/mol. The maximum Gasteiger partial charge on any atom is 0.216 e. The summed E-state index contributed by atoms with van der Waals surface area (Å²) in [6, 6.07) is 28.6. The third-order valence-electron chi connectivity index (χ3n) is 6.28. The molecule has 0 atom stereocenters. The Morgan fingerprint density at radius 1 is 0.763 bits per heavy atom. The van der Waals surface area contributed by atoms with Crippen molar-refractivity contribution in [3.05, 3.63) is 109 Å². The number of hydrogen-bond donors (Lipinski definition) is 0. The van der Waals surface area contributed by atoms with Crippen LogP contribution in [0.25, 0.3) is 44.6 Å². The van der Waals surface area contributed by atoms with Crippen LogP contribution in [0, 0.1) is 26.0 Å². The van der Waals surface area contributed by atoms with Crippen molar-refractivity contribution >= 4 is 35.3 Å². The molecular formula is C32H29IrN3OSi-2. The molecule has 0 unspecified atom stereocenters. The van der Waals surface area contributed by atoms with Crippen molar-refractivity contribution in [1.29, 1.82) is 0 Å². The Hall–Kier alpha value is -3.44. The molecule has 0 aliphatic rings. The van der Waals surface area contributed by atoms with Crippen LogP contribution >= 0.6 is 0 Å². The second-order valence-corrected chi connectivity index (χ2v) is 15.2. The number of hydrogen-bond acceptors (Lipinski definition) is 4. The number of rotatable bonds is 3. The molecule has 1 radical (unpaired) electrons. The molecule has 193 valence electrons. The molecule has 0 spiro atoms. The van der Waals surface area contributed by atoms with Gasteiger partial charge in [-0.1, -0.05) is 54.9 Å². The molecule has 0 fully saturated rings. The van der Waals surface area contributed by atoms with Crippen molar-refractivity contribution in [2.24, 2.45) is 0 Å². The van der Waals surface area contributed by atoms with Crippen LogP contribution in [0.1, 0.15) is 11.1 Å². The van der Waals surface area contributed by atoms with Gasteiger partial charge in [-0.2, -0.15) is 0 Å². The van der Waals surface area contributed by atoms with Crippen LogP contribution in [-0.2, 0) is 20.1 Å². The van der Waals surface area contributed by atoms with Gasteiger partial charge in [-0.15, -0.1) is 53.2 Å². The minimum atomic E-state index is -1.56.